The van der Waals surface area contributed by atoms with Gasteiger partial charge in [-0.25, -0.2) is 8.42 Å². The van der Waals surface area contributed by atoms with Gasteiger partial charge >= 0.3 is 0 Å². The molecule has 1 rings (SSSR count). The maximum Gasteiger partial charge on any atom is 0.182 e. The molecule has 1 aromatic rings. The van der Waals surface area contributed by atoms with Gasteiger partial charge < -0.3 is 16.0 Å². The Balaban J connectivity index is 2.87. The van der Waals surface area contributed by atoms with Gasteiger partial charge in [0.15, 0.2) is 15.7 Å². The summed E-state index contributed by atoms with van der Waals surface area (Å²) in [6.07, 6.45) is 1.13. The molecule has 1 unspecified atom stereocenters. The molecular formula is C9H18N4O2S2. The maximum atomic E-state index is 11.6. The second-order valence-electron chi connectivity index (χ2n) is 4.19. The number of rotatable bonds is 5. The average Bonchev–Trinajstić information content (AvgIpc) is 2.55. The van der Waals surface area contributed by atoms with Crippen LogP contribution >= 0.6 is 11.5 Å². The highest BCUT2D eigenvalue weighted by Crippen LogP contribution is 2.31. The molecule has 0 amide bonds. The highest BCUT2D eigenvalue weighted by atomic mass is 32.2. The first kappa shape index (κ1) is 14.2. The molecule has 0 aliphatic rings. The zero-order valence-corrected chi connectivity index (χ0v) is 12.0. The molecule has 98 valence electrons. The Labute approximate surface area is 106 Å². The molecule has 8 heteroatoms. The van der Waals surface area contributed by atoms with Gasteiger partial charge in [0.05, 0.1) is 0 Å². The molecule has 0 aliphatic carbocycles. The van der Waals surface area contributed by atoms with Crippen molar-refractivity contribution in [3.8, 4) is 0 Å². The van der Waals surface area contributed by atoms with Crippen LogP contribution in [0, 0.1) is 0 Å². The lowest BCUT2D eigenvalue weighted by molar-refractivity contribution is 0.326. The quantitative estimate of drug-likeness (QED) is 0.815. The Morgan fingerprint density at radius 3 is 2.59 bits per heavy atom. The van der Waals surface area contributed by atoms with Crippen LogP contribution in [0.4, 0.5) is 10.8 Å². The fourth-order valence-electron chi connectivity index (χ4n) is 1.19. The Bertz CT molecular complexity index is 481. The number of hydrogen-bond donors (Lipinski definition) is 2. The van der Waals surface area contributed by atoms with Crippen molar-refractivity contribution in [2.24, 2.45) is 0 Å². The number of nitrogens with one attached hydrogen (secondary N) is 1. The summed E-state index contributed by atoms with van der Waals surface area (Å²) in [5.74, 6) is 0.0671. The summed E-state index contributed by atoms with van der Waals surface area (Å²) in [5.41, 5.74) is 5.56. The highest BCUT2D eigenvalue weighted by Gasteiger charge is 2.21. The van der Waals surface area contributed by atoms with Gasteiger partial charge in [-0.1, -0.05) is 0 Å². The molecule has 0 saturated heterocycles. The number of nitrogen functional groups attached to an aromatic ring is 1. The van der Waals surface area contributed by atoms with Gasteiger partial charge in [-0.3, -0.25) is 0 Å². The minimum Gasteiger partial charge on any atom is -0.382 e. The van der Waals surface area contributed by atoms with Crippen molar-refractivity contribution in [1.29, 1.82) is 0 Å². The van der Waals surface area contributed by atoms with Crippen molar-refractivity contribution in [1.82, 2.24) is 9.27 Å². The van der Waals surface area contributed by atoms with Gasteiger partial charge in [-0.2, -0.15) is 4.37 Å². The standard InChI is InChI=1S/C9H18N4O2S2/c1-6(13(2)3)5-11-9-7(17(4,14)15)8(10)12-16-9/h6,11H,5H2,1-4H3,(H2,10,12). The third-order valence-electron chi connectivity index (χ3n) is 2.48. The number of hydrogen-bond acceptors (Lipinski definition) is 7. The molecule has 0 spiro atoms. The smallest absolute Gasteiger partial charge is 0.182 e. The zero-order valence-electron chi connectivity index (χ0n) is 10.4. The average molecular weight is 278 g/mol. The Morgan fingerprint density at radius 1 is 1.53 bits per heavy atom. The van der Waals surface area contributed by atoms with Crippen LogP contribution in [0.2, 0.25) is 0 Å². The van der Waals surface area contributed by atoms with Crippen LogP contribution in [-0.2, 0) is 9.84 Å². The predicted octanol–water partition coefficient (Wildman–Crippen LogP) is 0.491. The van der Waals surface area contributed by atoms with Gasteiger partial charge in [-0.05, 0) is 32.6 Å². The van der Waals surface area contributed by atoms with E-state index in [9.17, 15) is 8.42 Å². The van der Waals surface area contributed by atoms with E-state index < -0.39 is 9.84 Å². The SMILES string of the molecule is CC(CNc1snc(N)c1S(C)(=O)=O)N(C)C. The summed E-state index contributed by atoms with van der Waals surface area (Å²) in [4.78, 5) is 2.14. The molecule has 6 nitrogen and oxygen atoms in total. The molecule has 3 N–H and O–H groups in total. The molecule has 1 atom stereocenters. The van der Waals surface area contributed by atoms with Gasteiger partial charge in [-0.15, -0.1) is 0 Å². The highest BCUT2D eigenvalue weighted by molar-refractivity contribution is 7.91. The molecular weight excluding hydrogens is 260 g/mol. The van der Waals surface area contributed by atoms with E-state index in [2.05, 4.69) is 9.69 Å². The lowest BCUT2D eigenvalue weighted by Gasteiger charge is -2.20. The van der Waals surface area contributed by atoms with Crippen LogP contribution in [0.15, 0.2) is 4.90 Å². The molecule has 17 heavy (non-hydrogen) atoms. The van der Waals surface area contributed by atoms with Crippen LogP contribution in [0.5, 0.6) is 0 Å². The van der Waals surface area contributed by atoms with Gasteiger partial charge in [0, 0.05) is 18.8 Å². The first-order valence-electron chi connectivity index (χ1n) is 5.09. The molecule has 0 aliphatic heterocycles. The largest absolute Gasteiger partial charge is 0.382 e. The Hall–Kier alpha value is -0.860. The van der Waals surface area contributed by atoms with E-state index in [-0.39, 0.29) is 16.8 Å². The third kappa shape index (κ3) is 3.55. The summed E-state index contributed by atoms with van der Waals surface area (Å²) >= 11 is 1.07. The maximum absolute atomic E-state index is 11.6. The Morgan fingerprint density at radius 2 is 2.12 bits per heavy atom. The molecule has 1 heterocycles. The van der Waals surface area contributed by atoms with Crippen molar-refractivity contribution in [2.45, 2.75) is 17.9 Å². The summed E-state index contributed by atoms with van der Waals surface area (Å²) in [5, 5.41) is 3.59. The first-order valence-corrected chi connectivity index (χ1v) is 7.75. The van der Waals surface area contributed by atoms with Crippen molar-refractivity contribution in [2.75, 3.05) is 37.9 Å². The number of sulfone groups is 1. The number of likely N-dealkylation sites (N-methyl/N-ethyl adjacent to an activating group) is 1. The van der Waals surface area contributed by atoms with Crippen molar-refractivity contribution in [3.05, 3.63) is 0 Å². The molecule has 0 aromatic carbocycles. The Kier molecular flexibility index (Phi) is 4.34. The number of nitrogens with two attached hydrogens (primary N) is 1. The minimum absolute atomic E-state index is 0.0671. The number of anilines is 2. The fraction of sp³-hybridized carbons (Fsp3) is 0.667. The van der Waals surface area contributed by atoms with E-state index in [0.717, 1.165) is 17.8 Å². The van der Waals surface area contributed by atoms with Crippen LogP contribution in [0.1, 0.15) is 6.92 Å². The first-order chi connectivity index (χ1) is 7.73. The van der Waals surface area contributed by atoms with E-state index in [4.69, 9.17) is 5.73 Å². The van der Waals surface area contributed by atoms with Crippen molar-refractivity contribution < 1.29 is 8.42 Å². The fourth-order valence-corrected chi connectivity index (χ4v) is 3.26. The van der Waals surface area contributed by atoms with E-state index in [1.165, 1.54) is 0 Å². The normalized spacial score (nSPS) is 13.9. The van der Waals surface area contributed by atoms with Crippen LogP contribution < -0.4 is 11.1 Å². The molecule has 0 radical (unpaired) electrons. The monoisotopic (exact) mass is 278 g/mol. The number of aromatic nitrogens is 1. The van der Waals surface area contributed by atoms with E-state index in [1.807, 2.05) is 25.9 Å². The lowest BCUT2D eigenvalue weighted by Crippen LogP contribution is -2.31. The molecule has 0 bridgehead atoms. The van der Waals surface area contributed by atoms with Crippen molar-refractivity contribution >= 4 is 32.2 Å². The van der Waals surface area contributed by atoms with Crippen LogP contribution in [0.25, 0.3) is 0 Å². The van der Waals surface area contributed by atoms with E-state index in [0.29, 0.717) is 11.5 Å². The summed E-state index contributed by atoms with van der Waals surface area (Å²) < 4.78 is 27.0. The second kappa shape index (κ2) is 5.19. The van der Waals surface area contributed by atoms with Gasteiger partial charge in [0.1, 0.15) is 9.90 Å². The predicted molar refractivity (Wildman–Crippen MR) is 71.3 cm³/mol. The minimum atomic E-state index is -3.34. The van der Waals surface area contributed by atoms with Crippen LogP contribution in [0.3, 0.4) is 0 Å². The zero-order chi connectivity index (χ0) is 13.2. The van der Waals surface area contributed by atoms with Crippen molar-refractivity contribution in [3.63, 3.8) is 0 Å². The number of nitrogens with zero attached hydrogens (tertiary/aromatic N) is 2. The summed E-state index contributed by atoms with van der Waals surface area (Å²) in [6, 6.07) is 0.283. The third-order valence-corrected chi connectivity index (χ3v) is 4.59. The second-order valence-corrected chi connectivity index (χ2v) is 6.92. The lowest BCUT2D eigenvalue weighted by atomic mass is 10.3. The van der Waals surface area contributed by atoms with Gasteiger partial charge in [0.2, 0.25) is 0 Å². The topological polar surface area (TPSA) is 88.3 Å². The summed E-state index contributed by atoms with van der Waals surface area (Å²) in [6.45, 7) is 2.68. The summed E-state index contributed by atoms with van der Waals surface area (Å²) in [7, 11) is 0.584. The molecule has 0 fully saturated rings. The van der Waals surface area contributed by atoms with E-state index >= 15 is 0 Å². The van der Waals surface area contributed by atoms with Gasteiger partial charge in [0.25, 0.3) is 0 Å². The molecule has 0 saturated carbocycles. The molecule has 1 aromatic heterocycles. The van der Waals surface area contributed by atoms with Crippen LogP contribution in [-0.4, -0.2) is 50.6 Å². The van der Waals surface area contributed by atoms with E-state index in [1.54, 1.807) is 0 Å².